The molecule has 0 saturated heterocycles. The molecule has 3 aromatic rings. The summed E-state index contributed by atoms with van der Waals surface area (Å²) in [5, 5.41) is 8.03. The molecular formula is C15H12N4O2. The zero-order chi connectivity index (χ0) is 14.7. The maximum atomic E-state index is 11.9. The van der Waals surface area contributed by atoms with Crippen molar-refractivity contribution in [1.82, 2.24) is 20.0 Å². The predicted octanol–water partition coefficient (Wildman–Crippen LogP) is 2.12. The van der Waals surface area contributed by atoms with Crippen molar-refractivity contribution in [3.63, 3.8) is 0 Å². The van der Waals surface area contributed by atoms with Gasteiger partial charge < -0.3 is 4.74 Å². The van der Waals surface area contributed by atoms with Gasteiger partial charge in [0.15, 0.2) is 5.69 Å². The van der Waals surface area contributed by atoms with Gasteiger partial charge in [0.2, 0.25) is 0 Å². The fourth-order valence-corrected chi connectivity index (χ4v) is 2.03. The molecule has 21 heavy (non-hydrogen) atoms. The molecule has 0 saturated carbocycles. The number of carbonyl (C=O) groups excluding carboxylic acids is 1. The van der Waals surface area contributed by atoms with E-state index in [1.54, 1.807) is 29.2 Å². The molecule has 2 heterocycles. The minimum Gasteiger partial charge on any atom is -0.464 e. The van der Waals surface area contributed by atoms with E-state index in [0.29, 0.717) is 5.69 Å². The first kappa shape index (κ1) is 13.0. The Bertz CT molecular complexity index is 754. The zero-order valence-corrected chi connectivity index (χ0v) is 11.3. The summed E-state index contributed by atoms with van der Waals surface area (Å²) in [6, 6.07) is 13.1. The lowest BCUT2D eigenvalue weighted by Gasteiger charge is -2.07. The van der Waals surface area contributed by atoms with E-state index in [0.717, 1.165) is 11.3 Å². The summed E-state index contributed by atoms with van der Waals surface area (Å²) in [5.41, 5.74) is 2.36. The monoisotopic (exact) mass is 280 g/mol. The molecule has 0 aliphatic carbocycles. The third-order valence-corrected chi connectivity index (χ3v) is 3.00. The fourth-order valence-electron chi connectivity index (χ4n) is 2.03. The normalized spacial score (nSPS) is 10.3. The lowest BCUT2D eigenvalue weighted by atomic mass is 10.1. The predicted molar refractivity (Wildman–Crippen MR) is 75.9 cm³/mol. The molecule has 0 fully saturated rings. The first-order valence-electron chi connectivity index (χ1n) is 6.31. The van der Waals surface area contributed by atoms with Crippen LogP contribution in [0.1, 0.15) is 10.5 Å². The second-order valence-corrected chi connectivity index (χ2v) is 4.26. The number of hydrogen-bond acceptors (Lipinski definition) is 5. The van der Waals surface area contributed by atoms with Crippen molar-refractivity contribution in [2.24, 2.45) is 0 Å². The summed E-state index contributed by atoms with van der Waals surface area (Å²) in [7, 11) is 1.32. The Morgan fingerprint density at radius 1 is 1.10 bits per heavy atom. The topological polar surface area (TPSA) is 69.9 Å². The van der Waals surface area contributed by atoms with Gasteiger partial charge in [0.1, 0.15) is 5.69 Å². The number of methoxy groups -OCH3 is 1. The van der Waals surface area contributed by atoms with Crippen LogP contribution in [0.3, 0.4) is 0 Å². The Kier molecular flexibility index (Phi) is 3.42. The Morgan fingerprint density at radius 3 is 2.48 bits per heavy atom. The molecule has 2 aromatic heterocycles. The zero-order valence-electron chi connectivity index (χ0n) is 11.3. The number of hydrogen-bond donors (Lipinski definition) is 0. The molecule has 6 heteroatoms. The van der Waals surface area contributed by atoms with Crippen molar-refractivity contribution in [2.45, 2.75) is 0 Å². The van der Waals surface area contributed by atoms with E-state index in [1.165, 1.54) is 7.11 Å². The van der Waals surface area contributed by atoms with Crippen LogP contribution in [0.4, 0.5) is 0 Å². The molecule has 6 nitrogen and oxygen atoms in total. The minimum absolute atomic E-state index is 0.174. The van der Waals surface area contributed by atoms with Gasteiger partial charge in [-0.3, -0.25) is 4.98 Å². The highest BCUT2D eigenvalue weighted by atomic mass is 16.5. The molecule has 0 bridgehead atoms. The number of ether oxygens (including phenoxy) is 1. The van der Waals surface area contributed by atoms with Crippen LogP contribution in [-0.4, -0.2) is 33.1 Å². The van der Waals surface area contributed by atoms with Crippen LogP contribution in [0.15, 0.2) is 54.9 Å². The molecule has 0 unspecified atom stereocenters. The number of nitrogens with zero attached hydrogens (tertiary/aromatic N) is 4. The summed E-state index contributed by atoms with van der Waals surface area (Å²) >= 11 is 0. The average molecular weight is 280 g/mol. The van der Waals surface area contributed by atoms with E-state index in [4.69, 9.17) is 4.74 Å². The highest BCUT2D eigenvalue weighted by molar-refractivity contribution is 5.94. The Hall–Kier alpha value is -3.02. The summed E-state index contributed by atoms with van der Waals surface area (Å²) in [6.45, 7) is 0. The van der Waals surface area contributed by atoms with Gasteiger partial charge in [0.05, 0.1) is 12.8 Å². The van der Waals surface area contributed by atoms with E-state index in [9.17, 15) is 4.79 Å². The lowest BCUT2D eigenvalue weighted by Crippen LogP contribution is -2.05. The van der Waals surface area contributed by atoms with Gasteiger partial charge >= 0.3 is 5.97 Å². The fraction of sp³-hybridized carbons (Fsp3) is 0.0667. The summed E-state index contributed by atoms with van der Waals surface area (Å²) in [5.74, 6) is -0.524. The lowest BCUT2D eigenvalue weighted by molar-refractivity contribution is 0.0595. The first-order chi connectivity index (χ1) is 10.3. The third kappa shape index (κ3) is 2.38. The van der Waals surface area contributed by atoms with Gasteiger partial charge in [-0.05, 0) is 24.3 Å². The van der Waals surface area contributed by atoms with E-state index < -0.39 is 5.97 Å². The van der Waals surface area contributed by atoms with Gasteiger partial charge in [-0.1, -0.05) is 23.4 Å². The number of esters is 1. The van der Waals surface area contributed by atoms with Crippen LogP contribution < -0.4 is 0 Å². The van der Waals surface area contributed by atoms with Crippen LogP contribution in [-0.2, 0) is 4.74 Å². The Balaban J connectivity index is 2.23. The van der Waals surface area contributed by atoms with Gasteiger partial charge in [0.25, 0.3) is 0 Å². The average Bonchev–Trinajstić information content (AvgIpc) is 3.00. The second kappa shape index (κ2) is 5.54. The summed E-state index contributed by atoms with van der Waals surface area (Å²) in [6.07, 6.45) is 3.30. The SMILES string of the molecule is COC(=O)c1nnn(-c2ccccc2)c1-c1ccncc1. The quantitative estimate of drug-likeness (QED) is 0.687. The maximum Gasteiger partial charge on any atom is 0.360 e. The molecule has 1 aromatic carbocycles. The molecule has 3 rings (SSSR count). The molecule has 0 radical (unpaired) electrons. The van der Waals surface area contributed by atoms with Crippen LogP contribution in [0.25, 0.3) is 16.9 Å². The van der Waals surface area contributed by atoms with Gasteiger partial charge in [-0.2, -0.15) is 0 Å². The van der Waals surface area contributed by atoms with Crippen molar-refractivity contribution in [1.29, 1.82) is 0 Å². The van der Waals surface area contributed by atoms with E-state index in [-0.39, 0.29) is 5.69 Å². The van der Waals surface area contributed by atoms with Crippen molar-refractivity contribution in [3.05, 3.63) is 60.6 Å². The summed E-state index contributed by atoms with van der Waals surface area (Å²) < 4.78 is 6.39. The molecule has 0 atom stereocenters. The molecule has 0 N–H and O–H groups in total. The number of pyridine rings is 1. The highest BCUT2D eigenvalue weighted by Gasteiger charge is 2.22. The van der Waals surface area contributed by atoms with Crippen molar-refractivity contribution in [3.8, 4) is 16.9 Å². The standard InChI is InChI=1S/C15H12N4O2/c1-21-15(20)13-14(11-7-9-16-10-8-11)19(18-17-13)12-5-3-2-4-6-12/h2-10H,1H3. The van der Waals surface area contributed by atoms with E-state index >= 15 is 0 Å². The van der Waals surface area contributed by atoms with E-state index in [2.05, 4.69) is 15.3 Å². The molecule has 104 valence electrons. The van der Waals surface area contributed by atoms with Gasteiger partial charge in [-0.15, -0.1) is 5.10 Å². The minimum atomic E-state index is -0.524. The van der Waals surface area contributed by atoms with Gasteiger partial charge in [0, 0.05) is 18.0 Å². The second-order valence-electron chi connectivity index (χ2n) is 4.26. The van der Waals surface area contributed by atoms with Crippen LogP contribution in [0.5, 0.6) is 0 Å². The molecular weight excluding hydrogens is 268 g/mol. The highest BCUT2D eigenvalue weighted by Crippen LogP contribution is 2.25. The van der Waals surface area contributed by atoms with Crippen molar-refractivity contribution in [2.75, 3.05) is 7.11 Å². The van der Waals surface area contributed by atoms with E-state index in [1.807, 2.05) is 30.3 Å². The largest absolute Gasteiger partial charge is 0.464 e. The van der Waals surface area contributed by atoms with Crippen LogP contribution in [0, 0.1) is 0 Å². The molecule has 0 aliphatic rings. The van der Waals surface area contributed by atoms with Gasteiger partial charge in [-0.25, -0.2) is 9.48 Å². The van der Waals surface area contributed by atoms with Crippen LogP contribution >= 0.6 is 0 Å². The van der Waals surface area contributed by atoms with Crippen molar-refractivity contribution >= 4 is 5.97 Å². The number of benzene rings is 1. The molecule has 0 aliphatic heterocycles. The Labute approximate surface area is 121 Å². The number of aromatic nitrogens is 4. The van der Waals surface area contributed by atoms with Crippen LogP contribution in [0.2, 0.25) is 0 Å². The summed E-state index contributed by atoms with van der Waals surface area (Å²) in [4.78, 5) is 15.9. The molecule has 0 amide bonds. The number of carbonyl (C=O) groups is 1. The third-order valence-electron chi connectivity index (χ3n) is 3.00. The Morgan fingerprint density at radius 2 is 1.81 bits per heavy atom. The first-order valence-corrected chi connectivity index (χ1v) is 6.31. The number of para-hydroxylation sites is 1. The number of rotatable bonds is 3. The smallest absolute Gasteiger partial charge is 0.360 e. The van der Waals surface area contributed by atoms with Crippen molar-refractivity contribution < 1.29 is 9.53 Å². The maximum absolute atomic E-state index is 11.9. The molecule has 0 spiro atoms.